The zero-order chi connectivity index (χ0) is 19.7. The summed E-state index contributed by atoms with van der Waals surface area (Å²) in [7, 11) is 0. The molecule has 1 aromatic heterocycles. The third kappa shape index (κ3) is 3.85. The largest absolute Gasteiger partial charge is 0.452 e. The Hall–Kier alpha value is -3.14. The number of aromatic nitrogens is 1. The number of nitrogens with one attached hydrogen (secondary N) is 1. The summed E-state index contributed by atoms with van der Waals surface area (Å²) in [5.41, 5.74) is 6.69. The fourth-order valence-electron chi connectivity index (χ4n) is 2.16. The van der Waals surface area contributed by atoms with Gasteiger partial charge in [-0.3, -0.25) is 10.1 Å². The standard InChI is InChI=1S/C17H12F3N3O3S/c1-7-2-3-8(4-10(7)21)16(25)26-6-12(24)22-17-23-15-11(27-17)5-9(18)13(19)14(15)20/h2-5H,6,21H2,1H3,(H,22,23,24). The smallest absolute Gasteiger partial charge is 0.338 e. The average Bonchev–Trinajstić information content (AvgIpc) is 3.02. The minimum absolute atomic E-state index is 0.0221. The molecule has 1 heterocycles. The number of nitrogens with zero attached hydrogens (tertiary/aromatic N) is 1. The Labute approximate surface area is 154 Å². The number of nitrogen functional groups attached to an aromatic ring is 1. The van der Waals surface area contributed by atoms with E-state index in [-0.39, 0.29) is 15.4 Å². The van der Waals surface area contributed by atoms with Crippen molar-refractivity contribution in [3.05, 3.63) is 52.8 Å². The normalized spacial score (nSPS) is 10.8. The Balaban J connectivity index is 1.65. The van der Waals surface area contributed by atoms with Crippen molar-refractivity contribution in [1.29, 1.82) is 0 Å². The van der Waals surface area contributed by atoms with Crippen molar-refractivity contribution in [2.24, 2.45) is 0 Å². The van der Waals surface area contributed by atoms with Gasteiger partial charge in [-0.25, -0.2) is 22.9 Å². The molecule has 3 rings (SSSR count). The van der Waals surface area contributed by atoms with Crippen LogP contribution in [0.4, 0.5) is 24.0 Å². The molecule has 27 heavy (non-hydrogen) atoms. The number of benzene rings is 2. The third-order valence-electron chi connectivity index (χ3n) is 3.62. The number of nitrogens with two attached hydrogens (primary N) is 1. The first-order chi connectivity index (χ1) is 12.8. The second kappa shape index (κ2) is 7.23. The monoisotopic (exact) mass is 395 g/mol. The highest BCUT2D eigenvalue weighted by molar-refractivity contribution is 7.22. The number of anilines is 2. The van der Waals surface area contributed by atoms with Crippen molar-refractivity contribution in [3.8, 4) is 0 Å². The van der Waals surface area contributed by atoms with Crippen molar-refractivity contribution in [2.45, 2.75) is 6.92 Å². The summed E-state index contributed by atoms with van der Waals surface area (Å²) >= 11 is 0.750. The lowest BCUT2D eigenvalue weighted by Gasteiger charge is -2.06. The summed E-state index contributed by atoms with van der Waals surface area (Å²) in [6, 6.07) is 5.35. The number of fused-ring (bicyclic) bond motifs is 1. The van der Waals surface area contributed by atoms with Crippen LogP contribution in [0.15, 0.2) is 24.3 Å². The molecule has 0 bridgehead atoms. The molecular formula is C17H12F3N3O3S. The van der Waals surface area contributed by atoms with E-state index >= 15 is 0 Å². The SMILES string of the molecule is Cc1ccc(C(=O)OCC(=O)Nc2nc3c(F)c(F)c(F)cc3s2)cc1N. The van der Waals surface area contributed by atoms with Crippen LogP contribution in [0.2, 0.25) is 0 Å². The van der Waals surface area contributed by atoms with Crippen molar-refractivity contribution < 1.29 is 27.5 Å². The van der Waals surface area contributed by atoms with Gasteiger partial charge < -0.3 is 10.5 Å². The number of halogens is 3. The van der Waals surface area contributed by atoms with E-state index in [1.165, 1.54) is 12.1 Å². The fraction of sp³-hybridized carbons (Fsp3) is 0.118. The van der Waals surface area contributed by atoms with Gasteiger partial charge in [-0.2, -0.15) is 0 Å². The predicted molar refractivity (Wildman–Crippen MR) is 94.0 cm³/mol. The van der Waals surface area contributed by atoms with Gasteiger partial charge in [0, 0.05) is 5.69 Å². The molecule has 140 valence electrons. The lowest BCUT2D eigenvalue weighted by Crippen LogP contribution is -2.20. The number of aryl methyl sites for hydroxylation is 1. The maximum absolute atomic E-state index is 13.6. The van der Waals surface area contributed by atoms with Crippen molar-refractivity contribution in [3.63, 3.8) is 0 Å². The van der Waals surface area contributed by atoms with Crippen LogP contribution in [0.5, 0.6) is 0 Å². The van der Waals surface area contributed by atoms with Crippen LogP contribution in [0.25, 0.3) is 10.2 Å². The highest BCUT2D eigenvalue weighted by Crippen LogP contribution is 2.30. The van der Waals surface area contributed by atoms with Gasteiger partial charge in [0.1, 0.15) is 5.52 Å². The molecule has 6 nitrogen and oxygen atoms in total. The van der Waals surface area contributed by atoms with E-state index in [1.54, 1.807) is 13.0 Å². The quantitative estimate of drug-likeness (QED) is 0.401. The number of ether oxygens (including phenoxy) is 1. The van der Waals surface area contributed by atoms with Crippen LogP contribution in [0.1, 0.15) is 15.9 Å². The maximum Gasteiger partial charge on any atom is 0.338 e. The first kappa shape index (κ1) is 18.6. The number of thiazole rings is 1. The fourth-order valence-corrected chi connectivity index (χ4v) is 3.07. The van der Waals surface area contributed by atoms with E-state index in [2.05, 4.69) is 10.3 Å². The van der Waals surface area contributed by atoms with E-state index < -0.39 is 41.5 Å². The van der Waals surface area contributed by atoms with Crippen LogP contribution in [-0.4, -0.2) is 23.5 Å². The zero-order valence-electron chi connectivity index (χ0n) is 13.8. The Bertz CT molecular complexity index is 1070. The van der Waals surface area contributed by atoms with Crippen LogP contribution in [0, 0.1) is 24.4 Å². The number of carbonyl (C=O) groups excluding carboxylic acids is 2. The third-order valence-corrected chi connectivity index (χ3v) is 4.53. The van der Waals surface area contributed by atoms with Gasteiger partial charge in [-0.05, 0) is 30.7 Å². The molecule has 3 aromatic rings. The second-order valence-electron chi connectivity index (χ2n) is 5.55. The van der Waals surface area contributed by atoms with Gasteiger partial charge in [0.2, 0.25) is 0 Å². The molecule has 0 saturated carbocycles. The predicted octanol–water partition coefficient (Wildman–Crippen LogP) is 3.40. The van der Waals surface area contributed by atoms with E-state index in [1.807, 2.05) is 0 Å². The first-order valence-corrected chi connectivity index (χ1v) is 8.35. The number of carbonyl (C=O) groups is 2. The molecule has 2 aromatic carbocycles. The molecule has 0 fully saturated rings. The van der Waals surface area contributed by atoms with E-state index in [0.717, 1.165) is 23.0 Å². The first-order valence-electron chi connectivity index (χ1n) is 7.53. The molecular weight excluding hydrogens is 383 g/mol. The van der Waals surface area contributed by atoms with E-state index in [9.17, 15) is 22.8 Å². The summed E-state index contributed by atoms with van der Waals surface area (Å²) in [5, 5.41) is 2.19. The van der Waals surface area contributed by atoms with Gasteiger partial charge in [-0.1, -0.05) is 17.4 Å². The molecule has 1 amide bonds. The average molecular weight is 395 g/mol. The van der Waals surface area contributed by atoms with E-state index in [4.69, 9.17) is 10.5 Å². The topological polar surface area (TPSA) is 94.3 Å². The minimum Gasteiger partial charge on any atom is -0.452 e. The van der Waals surface area contributed by atoms with E-state index in [0.29, 0.717) is 5.69 Å². The second-order valence-corrected chi connectivity index (χ2v) is 6.58. The number of amides is 1. The highest BCUT2D eigenvalue weighted by atomic mass is 32.1. The van der Waals surface area contributed by atoms with Gasteiger partial charge >= 0.3 is 5.97 Å². The van der Waals surface area contributed by atoms with Crippen molar-refractivity contribution in [2.75, 3.05) is 17.7 Å². The molecule has 0 atom stereocenters. The number of hydrogen-bond acceptors (Lipinski definition) is 6. The molecule has 0 saturated heterocycles. The molecule has 0 aliphatic heterocycles. The number of rotatable bonds is 4. The Morgan fingerprint density at radius 2 is 1.96 bits per heavy atom. The van der Waals surface area contributed by atoms with Gasteiger partial charge in [-0.15, -0.1) is 0 Å². The highest BCUT2D eigenvalue weighted by Gasteiger charge is 2.19. The van der Waals surface area contributed by atoms with Gasteiger partial charge in [0.25, 0.3) is 5.91 Å². The molecule has 0 aliphatic carbocycles. The summed E-state index contributed by atoms with van der Waals surface area (Å²) in [5.74, 6) is -5.94. The summed E-state index contributed by atoms with van der Waals surface area (Å²) in [6.45, 7) is 1.14. The number of hydrogen-bond donors (Lipinski definition) is 2. The van der Waals surface area contributed by atoms with Crippen LogP contribution in [-0.2, 0) is 9.53 Å². The summed E-state index contributed by atoms with van der Waals surface area (Å²) in [6.07, 6.45) is 0. The van der Waals surface area contributed by atoms with Crippen molar-refractivity contribution in [1.82, 2.24) is 4.98 Å². The Morgan fingerprint density at radius 3 is 2.67 bits per heavy atom. The Kier molecular flexibility index (Phi) is 5.00. The zero-order valence-corrected chi connectivity index (χ0v) is 14.6. The lowest BCUT2D eigenvalue weighted by molar-refractivity contribution is -0.119. The summed E-state index contributed by atoms with van der Waals surface area (Å²) in [4.78, 5) is 27.5. The minimum atomic E-state index is -1.64. The van der Waals surface area contributed by atoms with Crippen molar-refractivity contribution >= 4 is 44.2 Å². The maximum atomic E-state index is 13.6. The van der Waals surface area contributed by atoms with Crippen LogP contribution < -0.4 is 11.1 Å². The molecule has 0 aliphatic rings. The lowest BCUT2D eigenvalue weighted by atomic mass is 10.1. The molecule has 0 radical (unpaired) electrons. The van der Waals surface area contributed by atoms with Crippen LogP contribution in [0.3, 0.4) is 0 Å². The van der Waals surface area contributed by atoms with Gasteiger partial charge in [0.05, 0.1) is 10.3 Å². The van der Waals surface area contributed by atoms with Crippen LogP contribution >= 0.6 is 11.3 Å². The summed E-state index contributed by atoms with van der Waals surface area (Å²) < 4.78 is 45.0. The Morgan fingerprint density at radius 1 is 1.22 bits per heavy atom. The molecule has 3 N–H and O–H groups in total. The van der Waals surface area contributed by atoms with Gasteiger partial charge in [0.15, 0.2) is 29.2 Å². The number of esters is 1. The molecule has 0 unspecified atom stereocenters. The molecule has 0 spiro atoms. The molecule has 10 heteroatoms.